The molecule has 0 bridgehead atoms. The lowest BCUT2D eigenvalue weighted by Gasteiger charge is -2.28. The van der Waals surface area contributed by atoms with Gasteiger partial charge in [0.25, 0.3) is 0 Å². The Balaban J connectivity index is 0. The third-order valence-corrected chi connectivity index (χ3v) is 4.39. The third-order valence-electron chi connectivity index (χ3n) is 1.99. The maximum Gasteiger partial charge on any atom is 0.331 e. The Morgan fingerprint density at radius 3 is 1.20 bits per heavy atom. The maximum atomic E-state index is 5.39. The summed E-state index contributed by atoms with van der Waals surface area (Å²) in [5, 5.41) is 0. The van der Waals surface area contributed by atoms with Crippen LogP contribution < -0.4 is 0 Å². The summed E-state index contributed by atoms with van der Waals surface area (Å²) in [6.07, 6.45) is 0. The minimum Gasteiger partial charge on any atom is -0.395 e. The predicted octanol–water partition coefficient (Wildman–Crippen LogP) is 2.64. The van der Waals surface area contributed by atoms with Crippen LogP contribution in [0.4, 0.5) is 0 Å². The highest BCUT2D eigenvalue weighted by molar-refractivity contribution is 6.64. The third kappa shape index (κ3) is 13.2. The fourth-order valence-corrected chi connectivity index (χ4v) is 3.34. The summed E-state index contributed by atoms with van der Waals surface area (Å²) < 4.78 is 26.3. The Kier molecular flexibility index (Phi) is 14.6. The first kappa shape index (κ1) is 22.5. The van der Waals surface area contributed by atoms with E-state index in [0.29, 0.717) is 19.8 Å². The highest BCUT2D eigenvalue weighted by Gasteiger charge is 2.24. The summed E-state index contributed by atoms with van der Waals surface area (Å²) in [7, 11) is 1.55. The molecule has 0 aromatic rings. The SMILES string of the molecule is CCOC([Si])(OCC)OCC.CCO[Si](C)(C)OCC. The van der Waals surface area contributed by atoms with Crippen LogP contribution in [-0.2, 0) is 23.1 Å². The molecule has 0 aliphatic heterocycles. The average molecular weight is 324 g/mol. The molecule has 7 heteroatoms. The van der Waals surface area contributed by atoms with E-state index in [9.17, 15) is 0 Å². The van der Waals surface area contributed by atoms with Gasteiger partial charge < -0.3 is 23.1 Å². The fourth-order valence-electron chi connectivity index (χ4n) is 1.43. The number of ether oxygens (including phenoxy) is 3. The second-order valence-corrected chi connectivity index (χ2v) is 8.11. The highest BCUT2D eigenvalue weighted by atomic mass is 28.4. The van der Waals surface area contributed by atoms with Crippen LogP contribution in [0.1, 0.15) is 34.6 Å². The van der Waals surface area contributed by atoms with Gasteiger partial charge in [-0.2, -0.15) is 0 Å². The Hall–Kier alpha value is 0.234. The number of hydrogen-bond donors (Lipinski definition) is 0. The van der Waals surface area contributed by atoms with Crippen LogP contribution in [0.5, 0.6) is 0 Å². The zero-order chi connectivity index (χ0) is 16.1. The molecule has 0 aromatic heterocycles. The molecule has 5 nitrogen and oxygen atoms in total. The first-order valence-corrected chi connectivity index (χ1v) is 10.6. The molecular weight excluding hydrogens is 292 g/mol. The van der Waals surface area contributed by atoms with Crippen molar-refractivity contribution in [2.24, 2.45) is 0 Å². The van der Waals surface area contributed by atoms with E-state index < -0.39 is 14.2 Å². The van der Waals surface area contributed by atoms with Gasteiger partial charge in [0.15, 0.2) is 10.2 Å². The van der Waals surface area contributed by atoms with Crippen molar-refractivity contribution in [3.63, 3.8) is 0 Å². The lowest BCUT2D eigenvalue weighted by atomic mass is 10.8. The molecule has 0 spiro atoms. The van der Waals surface area contributed by atoms with Gasteiger partial charge in [0.05, 0.1) is 0 Å². The van der Waals surface area contributed by atoms with E-state index in [0.717, 1.165) is 13.2 Å². The van der Waals surface area contributed by atoms with Crippen molar-refractivity contribution in [3.8, 4) is 0 Å². The summed E-state index contributed by atoms with van der Waals surface area (Å²) in [6, 6.07) is 0. The van der Waals surface area contributed by atoms with Crippen LogP contribution in [0.15, 0.2) is 0 Å². The van der Waals surface area contributed by atoms with Gasteiger partial charge in [-0.05, 0) is 47.7 Å². The maximum absolute atomic E-state index is 5.39. The molecule has 0 saturated carbocycles. The average Bonchev–Trinajstić information content (AvgIpc) is 2.30. The van der Waals surface area contributed by atoms with Crippen LogP contribution in [0.25, 0.3) is 0 Å². The van der Waals surface area contributed by atoms with Crippen molar-refractivity contribution < 1.29 is 23.1 Å². The summed E-state index contributed by atoms with van der Waals surface area (Å²) in [4.78, 5) is 0. The van der Waals surface area contributed by atoms with E-state index in [4.69, 9.17) is 23.1 Å². The standard InChI is InChI=1S/C7H15O3Si.C6H16O2Si/c1-4-8-7(11,9-5-2)10-6-3;1-5-7-9(3,4)8-6-2/h4-6H2,1-3H3;5-6H2,1-4H3. The first-order chi connectivity index (χ1) is 9.30. The van der Waals surface area contributed by atoms with Gasteiger partial charge >= 0.3 is 8.56 Å². The molecule has 0 saturated heterocycles. The minimum absolute atomic E-state index is 0.545. The van der Waals surface area contributed by atoms with Gasteiger partial charge in [-0.15, -0.1) is 0 Å². The molecule has 0 unspecified atom stereocenters. The van der Waals surface area contributed by atoms with Crippen molar-refractivity contribution in [1.82, 2.24) is 0 Å². The van der Waals surface area contributed by atoms with Crippen LogP contribution >= 0.6 is 0 Å². The zero-order valence-corrected chi connectivity index (χ0v) is 16.1. The van der Waals surface area contributed by atoms with Crippen molar-refractivity contribution >= 4 is 18.8 Å². The van der Waals surface area contributed by atoms with Crippen LogP contribution in [0.3, 0.4) is 0 Å². The summed E-state index contributed by atoms with van der Waals surface area (Å²) >= 11 is 0. The molecule has 20 heavy (non-hydrogen) atoms. The molecule has 0 rings (SSSR count). The summed E-state index contributed by atoms with van der Waals surface area (Å²) in [6.45, 7) is 16.9. The Morgan fingerprint density at radius 2 is 1.00 bits per heavy atom. The van der Waals surface area contributed by atoms with Crippen molar-refractivity contribution in [2.45, 2.75) is 53.3 Å². The Morgan fingerprint density at radius 1 is 0.700 bits per heavy atom. The van der Waals surface area contributed by atoms with E-state index in [1.807, 2.05) is 34.6 Å². The fraction of sp³-hybridized carbons (Fsp3) is 1.00. The molecule has 0 aliphatic carbocycles. The lowest BCUT2D eigenvalue weighted by Crippen LogP contribution is -2.39. The molecule has 0 aliphatic rings. The second kappa shape index (κ2) is 12.9. The monoisotopic (exact) mass is 323 g/mol. The molecule has 3 radical (unpaired) electrons. The Labute approximate surface area is 128 Å². The second-order valence-electron chi connectivity index (χ2n) is 4.12. The zero-order valence-electron chi connectivity index (χ0n) is 14.1. The number of rotatable bonds is 10. The van der Waals surface area contributed by atoms with Gasteiger partial charge in [-0.25, -0.2) is 0 Å². The van der Waals surface area contributed by atoms with E-state index in [-0.39, 0.29) is 0 Å². The van der Waals surface area contributed by atoms with Crippen molar-refractivity contribution in [1.29, 1.82) is 0 Å². The van der Waals surface area contributed by atoms with E-state index in [2.05, 4.69) is 23.3 Å². The molecule has 121 valence electrons. The molecular formula is C13H31O5Si2. The highest BCUT2D eigenvalue weighted by Crippen LogP contribution is 2.09. The first-order valence-electron chi connectivity index (χ1n) is 7.25. The summed E-state index contributed by atoms with van der Waals surface area (Å²) in [5.41, 5.74) is -1.04. The lowest BCUT2D eigenvalue weighted by molar-refractivity contribution is -0.320. The normalized spacial score (nSPS) is 12.0. The van der Waals surface area contributed by atoms with Gasteiger partial charge in [0.2, 0.25) is 5.60 Å². The molecule has 0 aromatic carbocycles. The Bertz CT molecular complexity index is 190. The van der Waals surface area contributed by atoms with E-state index >= 15 is 0 Å². The van der Waals surface area contributed by atoms with E-state index in [1.54, 1.807) is 0 Å². The predicted molar refractivity (Wildman–Crippen MR) is 84.1 cm³/mol. The largest absolute Gasteiger partial charge is 0.395 e. The molecule has 0 N–H and O–H groups in total. The van der Waals surface area contributed by atoms with Gasteiger partial charge in [-0.3, -0.25) is 0 Å². The van der Waals surface area contributed by atoms with Crippen LogP contribution in [-0.4, -0.2) is 57.4 Å². The van der Waals surface area contributed by atoms with Crippen LogP contribution in [0, 0.1) is 0 Å². The van der Waals surface area contributed by atoms with Crippen molar-refractivity contribution in [2.75, 3.05) is 33.0 Å². The van der Waals surface area contributed by atoms with Crippen molar-refractivity contribution in [3.05, 3.63) is 0 Å². The summed E-state index contributed by atoms with van der Waals surface area (Å²) in [5.74, 6) is 0. The quantitative estimate of drug-likeness (QED) is 0.457. The molecule has 0 atom stereocenters. The smallest absolute Gasteiger partial charge is 0.331 e. The number of hydrogen-bond acceptors (Lipinski definition) is 5. The van der Waals surface area contributed by atoms with Gasteiger partial charge in [0.1, 0.15) is 0 Å². The van der Waals surface area contributed by atoms with Gasteiger partial charge in [0, 0.05) is 33.0 Å². The van der Waals surface area contributed by atoms with Crippen LogP contribution in [0.2, 0.25) is 13.1 Å². The van der Waals surface area contributed by atoms with Gasteiger partial charge in [-0.1, -0.05) is 0 Å². The molecule has 0 fully saturated rings. The molecule has 0 amide bonds. The topological polar surface area (TPSA) is 46.2 Å². The minimum atomic E-state index is -1.70. The molecule has 0 heterocycles. The van der Waals surface area contributed by atoms with E-state index in [1.165, 1.54) is 0 Å².